The molecule has 0 radical (unpaired) electrons. The van der Waals surface area contributed by atoms with Crippen LogP contribution in [0.4, 0.5) is 0 Å². The van der Waals surface area contributed by atoms with E-state index in [0.717, 1.165) is 142 Å². The molecule has 16 atom stereocenters. The molecule has 18 fully saturated rings. The number of hydrogen-bond acceptors (Lipinski definition) is 24. The van der Waals surface area contributed by atoms with Crippen LogP contribution < -0.4 is 0 Å². The van der Waals surface area contributed by atoms with E-state index in [1.165, 1.54) is 0 Å². The molecule has 12 aliphatic carbocycles. The number of carbonyl (C=O) groups excluding carboxylic acids is 6. The first-order valence-electron chi connectivity index (χ1n) is 41.4. The summed E-state index contributed by atoms with van der Waals surface area (Å²) < 4.78 is 98.1. The third-order valence-corrected chi connectivity index (χ3v) is 29.3. The van der Waals surface area contributed by atoms with Gasteiger partial charge in [-0.1, -0.05) is 27.7 Å². The van der Waals surface area contributed by atoms with Gasteiger partial charge in [-0.2, -0.15) is 10.5 Å². The summed E-state index contributed by atoms with van der Waals surface area (Å²) in [5.41, 5.74) is -6.79. The van der Waals surface area contributed by atoms with Crippen LogP contribution in [0.2, 0.25) is 0 Å². The summed E-state index contributed by atoms with van der Waals surface area (Å²) in [4.78, 5) is 74.9. The Hall–Kier alpha value is -4.60. The molecule has 18 aliphatic rings. The molecular formula is C84H126N2O22. The van der Waals surface area contributed by atoms with Gasteiger partial charge in [0.1, 0.15) is 35.6 Å². The van der Waals surface area contributed by atoms with Gasteiger partial charge in [0.25, 0.3) is 0 Å². The van der Waals surface area contributed by atoms with Crippen LogP contribution in [0.5, 0.6) is 0 Å². The van der Waals surface area contributed by atoms with Crippen LogP contribution in [0.3, 0.4) is 0 Å². The molecule has 12 bridgehead atoms. The highest BCUT2D eigenvalue weighted by Gasteiger charge is 2.75. The highest BCUT2D eigenvalue weighted by molar-refractivity contribution is 5.86. The summed E-state index contributed by atoms with van der Waals surface area (Å²) in [5.74, 6) is -2.19. The molecule has 6 aliphatic heterocycles. The van der Waals surface area contributed by atoms with Crippen molar-refractivity contribution >= 4 is 35.8 Å². The molecule has 12 saturated carbocycles. The van der Waals surface area contributed by atoms with Crippen molar-refractivity contribution in [2.75, 3.05) is 53.9 Å². The first-order valence-corrected chi connectivity index (χ1v) is 41.4. The van der Waals surface area contributed by atoms with Gasteiger partial charge in [0.15, 0.2) is 35.0 Å². The molecule has 0 spiro atoms. The predicted molar refractivity (Wildman–Crippen MR) is 386 cm³/mol. The maximum absolute atomic E-state index is 13.4. The number of rotatable bonds is 22. The van der Waals surface area contributed by atoms with Gasteiger partial charge in [-0.25, -0.2) is 0 Å². The minimum Gasteiger partial charge on any atom is -0.458 e. The maximum atomic E-state index is 13.4. The van der Waals surface area contributed by atoms with E-state index < -0.39 is 90.6 Å². The number of esters is 6. The van der Waals surface area contributed by atoms with Gasteiger partial charge in [0, 0.05) is 115 Å². The number of ether oxygens (including phenoxy) is 16. The van der Waals surface area contributed by atoms with Gasteiger partial charge in [0.2, 0.25) is 0 Å². The summed E-state index contributed by atoms with van der Waals surface area (Å²) in [6.07, 6.45) is 22.8. The molecule has 0 aromatic carbocycles. The summed E-state index contributed by atoms with van der Waals surface area (Å²) in [5, 5.41) is 18.6. The zero-order valence-electron chi connectivity index (χ0n) is 67.3. The third kappa shape index (κ3) is 15.2. The van der Waals surface area contributed by atoms with Crippen molar-refractivity contribution in [3.05, 3.63) is 0 Å². The Bertz CT molecular complexity index is 3250. The molecule has 0 aromatic heterocycles. The number of hydrogen-bond donors (Lipinski definition) is 0. The molecule has 24 nitrogen and oxygen atoms in total. The number of methoxy groups -OCH3 is 2. The molecular weight excluding hydrogens is 1390 g/mol. The minimum atomic E-state index is -0.974. The van der Waals surface area contributed by atoms with Crippen LogP contribution in [-0.2, 0) is 105 Å². The number of nitriles is 2. The molecule has 108 heavy (non-hydrogen) atoms. The van der Waals surface area contributed by atoms with Crippen LogP contribution in [-0.4, -0.2) is 172 Å². The Morgan fingerprint density at radius 3 is 1.10 bits per heavy atom. The van der Waals surface area contributed by atoms with E-state index in [-0.39, 0.29) is 83.5 Å². The highest BCUT2D eigenvalue weighted by atomic mass is 16.7. The molecule has 16 unspecified atom stereocenters. The van der Waals surface area contributed by atoms with E-state index in [1.807, 2.05) is 76.2 Å². The molecule has 24 heteroatoms. The van der Waals surface area contributed by atoms with Crippen molar-refractivity contribution in [3.8, 4) is 12.1 Å². The van der Waals surface area contributed by atoms with Crippen molar-refractivity contribution in [3.63, 3.8) is 0 Å². The zero-order valence-corrected chi connectivity index (χ0v) is 67.3. The number of carbonyl (C=O) groups is 6. The van der Waals surface area contributed by atoms with Crippen LogP contribution in [0, 0.1) is 90.7 Å². The summed E-state index contributed by atoms with van der Waals surface area (Å²) in [6, 6.07) is 4.30. The number of fused-ring (bicyclic) bond motifs is 2. The lowest BCUT2D eigenvalue weighted by Crippen LogP contribution is -2.71. The predicted octanol–water partition coefficient (Wildman–Crippen LogP) is 13.4. The Balaban J connectivity index is 0.000000131. The third-order valence-electron chi connectivity index (χ3n) is 29.3. The van der Waals surface area contributed by atoms with Crippen LogP contribution in [0.25, 0.3) is 0 Å². The fourth-order valence-corrected chi connectivity index (χ4v) is 22.5. The van der Waals surface area contributed by atoms with Crippen molar-refractivity contribution in [1.82, 2.24) is 0 Å². The second kappa shape index (κ2) is 30.0. The van der Waals surface area contributed by atoms with Crippen LogP contribution in [0.15, 0.2) is 0 Å². The van der Waals surface area contributed by atoms with Gasteiger partial charge in [-0.3, -0.25) is 28.8 Å². The van der Waals surface area contributed by atoms with E-state index in [2.05, 4.69) is 19.1 Å². The van der Waals surface area contributed by atoms with Crippen molar-refractivity contribution in [2.24, 2.45) is 68.0 Å². The Morgan fingerprint density at radius 2 is 0.769 bits per heavy atom. The lowest BCUT2D eigenvalue weighted by atomic mass is 9.50. The summed E-state index contributed by atoms with van der Waals surface area (Å²) in [6.45, 7) is 27.3. The van der Waals surface area contributed by atoms with Gasteiger partial charge >= 0.3 is 35.8 Å². The Labute approximate surface area is 640 Å². The molecule has 18 rings (SSSR count). The van der Waals surface area contributed by atoms with Gasteiger partial charge in [0.05, 0.1) is 82.6 Å². The zero-order chi connectivity index (χ0) is 77.6. The lowest BCUT2D eigenvalue weighted by molar-refractivity contribution is -0.387. The second-order valence-electron chi connectivity index (χ2n) is 38.6. The fourth-order valence-electron chi connectivity index (χ4n) is 22.5. The molecule has 6 saturated heterocycles. The molecule has 604 valence electrons. The summed E-state index contributed by atoms with van der Waals surface area (Å²) >= 11 is 0. The highest BCUT2D eigenvalue weighted by Crippen LogP contribution is 2.68. The average molecular weight is 1520 g/mol. The molecule has 6 heterocycles. The largest absolute Gasteiger partial charge is 0.458 e. The topological polar surface area (TPSA) is 298 Å². The maximum Gasteiger partial charge on any atom is 0.327 e. The normalized spacial score (nSPS) is 41.4. The fraction of sp³-hybridized carbons (Fsp3) is 0.905. The van der Waals surface area contributed by atoms with Gasteiger partial charge in [-0.05, 0) is 196 Å². The first kappa shape index (κ1) is 81.4. The molecule has 0 amide bonds. The van der Waals surface area contributed by atoms with E-state index >= 15 is 0 Å². The van der Waals surface area contributed by atoms with Gasteiger partial charge < -0.3 is 75.8 Å². The van der Waals surface area contributed by atoms with Gasteiger partial charge in [-0.15, -0.1) is 0 Å². The van der Waals surface area contributed by atoms with Crippen molar-refractivity contribution in [1.29, 1.82) is 10.5 Å². The van der Waals surface area contributed by atoms with Crippen molar-refractivity contribution in [2.45, 2.75) is 358 Å². The van der Waals surface area contributed by atoms with E-state index in [4.69, 9.17) is 75.8 Å². The van der Waals surface area contributed by atoms with E-state index in [9.17, 15) is 39.3 Å². The van der Waals surface area contributed by atoms with E-state index in [1.54, 1.807) is 14.2 Å². The molecule has 0 N–H and O–H groups in total. The monoisotopic (exact) mass is 1510 g/mol. The van der Waals surface area contributed by atoms with Crippen LogP contribution >= 0.6 is 0 Å². The Kier molecular flexibility index (Phi) is 22.6. The SMILES string of the molecule is CCC(C)(C)C(=O)OC12CC3CC(OC4(OC)CCOCC4)(C1)CC(OC1(OC)CCOCC1)(C3)C2.CCC(C)(C)C(=O)OC12CC3CC(OC4CCCCO4)(C1)CC(OC1CCCCO1)(C3)C2.CCC(C)(C)C(=O)OC1C2CC3C1OC(=O)C3(C#N)C2.CCC(C)(C)C(=O)OC1C2CC3C1OC(=O)C3(C#N)C2. The Morgan fingerprint density at radius 1 is 0.444 bits per heavy atom. The van der Waals surface area contributed by atoms with Crippen LogP contribution in [0.1, 0.15) is 276 Å². The minimum absolute atomic E-state index is 0.0766. The quantitative estimate of drug-likeness (QED) is 0.0552. The first-order chi connectivity index (χ1) is 51.0. The van der Waals surface area contributed by atoms with E-state index in [0.29, 0.717) is 102 Å². The number of nitrogens with zero attached hydrogens (tertiary/aromatic N) is 2. The lowest BCUT2D eigenvalue weighted by Gasteiger charge is -2.67. The second-order valence-corrected chi connectivity index (χ2v) is 38.6. The average Bonchev–Trinajstić information content (AvgIpc) is 0.980. The smallest absolute Gasteiger partial charge is 0.327 e. The summed E-state index contributed by atoms with van der Waals surface area (Å²) in [7, 11) is 3.47. The molecule has 0 aromatic rings. The standard InChI is InChI=1S/C28H46O8.C26H42O6.2C15H19NO4/c1-6-23(2,3)22(29)34-24-15-21-16-25(18-24,35-27(30-4)7-11-32-12-8-27)20-26(17-21,19-24)36-28(31-5)9-13-33-14-10-28;1-4-23(2,3)22(27)32-26-15-19-13-24(17-26,30-20-9-5-7-11-28-20)16-25(14-19,18-26)31-21-10-6-8-12-29-21;2*1-4-14(2,3)12(17)19-10-8-5-9-11(10)20-13(18)15(9,6-8)7-16/h21H,6-20H2,1-5H3;19-21H,4-18H2,1-3H3;2*8-11H,4-6H2,1-3H3. The van der Waals surface area contributed by atoms with Crippen molar-refractivity contribution < 1.29 is 105 Å².